The lowest BCUT2D eigenvalue weighted by Gasteiger charge is -2.27. The fourth-order valence-corrected chi connectivity index (χ4v) is 4.15. The molecule has 2 saturated heterocycles. The Hall–Kier alpha value is -1.60. The lowest BCUT2D eigenvalue weighted by molar-refractivity contribution is -0.137. The number of fused-ring (bicyclic) bond motifs is 2. The number of carbonyl (C=O) groups is 2. The molecule has 0 aromatic heterocycles. The van der Waals surface area contributed by atoms with Gasteiger partial charge in [0.1, 0.15) is 0 Å². The van der Waals surface area contributed by atoms with Crippen molar-refractivity contribution in [3.63, 3.8) is 0 Å². The zero-order valence-corrected chi connectivity index (χ0v) is 16.2. The molecule has 0 spiro atoms. The van der Waals surface area contributed by atoms with E-state index >= 15 is 0 Å². The Balaban J connectivity index is 1.63. The van der Waals surface area contributed by atoms with Gasteiger partial charge in [0.15, 0.2) is 0 Å². The second-order valence-electron chi connectivity index (χ2n) is 7.28. The smallest absolute Gasteiger partial charge is 0.431 e. The standard InChI is InChI=1S/C20H33NO6/c1-2-26-21-20(24)25-14-8-7-10-16-15(17-12-13-18(16)27-17)9-5-3-4-6-11-19(22)23/h3,5,15-18H,2,4,6-14H2,1H3,(H,21,24)(H,22,23)/t15-,16+,17-,18+/m1/s1. The van der Waals surface area contributed by atoms with Crippen LogP contribution in [0.25, 0.3) is 0 Å². The number of rotatable bonds is 13. The summed E-state index contributed by atoms with van der Waals surface area (Å²) in [5.41, 5.74) is 2.22. The summed E-state index contributed by atoms with van der Waals surface area (Å²) < 4.78 is 11.2. The van der Waals surface area contributed by atoms with Gasteiger partial charge in [-0.25, -0.2) is 4.79 Å². The van der Waals surface area contributed by atoms with E-state index < -0.39 is 12.1 Å². The van der Waals surface area contributed by atoms with E-state index in [4.69, 9.17) is 19.4 Å². The number of aliphatic carboxylic acids is 1. The highest BCUT2D eigenvalue weighted by atomic mass is 16.7. The maximum Gasteiger partial charge on any atom is 0.431 e. The van der Waals surface area contributed by atoms with Gasteiger partial charge in [-0.2, -0.15) is 5.48 Å². The van der Waals surface area contributed by atoms with Crippen LogP contribution in [0.2, 0.25) is 0 Å². The van der Waals surface area contributed by atoms with E-state index in [0.717, 1.165) is 44.9 Å². The third-order valence-corrected chi connectivity index (χ3v) is 5.39. The Morgan fingerprint density at radius 1 is 1.15 bits per heavy atom. The second kappa shape index (κ2) is 12.0. The number of hydroxylamine groups is 1. The molecule has 1 amide bonds. The minimum atomic E-state index is -0.732. The van der Waals surface area contributed by atoms with Crippen molar-refractivity contribution in [3.05, 3.63) is 12.2 Å². The van der Waals surface area contributed by atoms with Crippen LogP contribution < -0.4 is 5.48 Å². The van der Waals surface area contributed by atoms with Gasteiger partial charge in [-0.15, -0.1) is 0 Å². The molecule has 0 aliphatic carbocycles. The third-order valence-electron chi connectivity index (χ3n) is 5.39. The average molecular weight is 383 g/mol. The van der Waals surface area contributed by atoms with Crippen LogP contribution in [0.3, 0.4) is 0 Å². The first-order valence-electron chi connectivity index (χ1n) is 10.2. The predicted molar refractivity (Wildman–Crippen MR) is 100 cm³/mol. The zero-order valence-electron chi connectivity index (χ0n) is 16.2. The SMILES string of the molecule is CCONC(=O)OCCCC[C@H]1[C@@H](CC=CCCCC(=O)O)[C@H]2CC[C@@H]1O2. The third kappa shape index (κ3) is 7.50. The largest absolute Gasteiger partial charge is 0.481 e. The summed E-state index contributed by atoms with van der Waals surface area (Å²) in [5, 5.41) is 8.66. The first-order valence-corrected chi connectivity index (χ1v) is 10.2. The van der Waals surface area contributed by atoms with Crippen molar-refractivity contribution >= 4 is 12.1 Å². The molecular formula is C20H33NO6. The molecule has 4 atom stereocenters. The van der Waals surface area contributed by atoms with Gasteiger partial charge in [-0.05, 0) is 70.1 Å². The van der Waals surface area contributed by atoms with Gasteiger partial charge in [0.2, 0.25) is 0 Å². The summed E-state index contributed by atoms with van der Waals surface area (Å²) in [6, 6.07) is 0. The minimum absolute atomic E-state index is 0.231. The summed E-state index contributed by atoms with van der Waals surface area (Å²) in [7, 11) is 0. The molecule has 0 saturated carbocycles. The van der Waals surface area contributed by atoms with Crippen molar-refractivity contribution in [3.8, 4) is 0 Å². The van der Waals surface area contributed by atoms with E-state index in [0.29, 0.717) is 43.7 Å². The van der Waals surface area contributed by atoms with Gasteiger partial charge in [-0.1, -0.05) is 12.2 Å². The summed E-state index contributed by atoms with van der Waals surface area (Å²) in [5.74, 6) is 0.399. The highest BCUT2D eigenvalue weighted by molar-refractivity contribution is 5.66. The molecule has 2 N–H and O–H groups in total. The number of hydrogen-bond acceptors (Lipinski definition) is 5. The molecule has 0 aromatic rings. The Bertz CT molecular complexity index is 495. The number of unbranched alkanes of at least 4 members (excludes halogenated alkanes) is 2. The van der Waals surface area contributed by atoms with E-state index in [1.807, 2.05) is 0 Å². The van der Waals surface area contributed by atoms with Crippen LogP contribution in [0.4, 0.5) is 4.79 Å². The maximum atomic E-state index is 11.3. The number of carbonyl (C=O) groups excluding carboxylic acids is 1. The Kier molecular flexibility index (Phi) is 9.62. The number of nitrogens with one attached hydrogen (secondary N) is 1. The Morgan fingerprint density at radius 2 is 1.93 bits per heavy atom. The number of ether oxygens (including phenoxy) is 2. The molecule has 2 fully saturated rings. The number of allylic oxidation sites excluding steroid dienone is 2. The molecule has 7 nitrogen and oxygen atoms in total. The first kappa shape index (κ1) is 21.7. The summed E-state index contributed by atoms with van der Waals surface area (Å²) in [6.07, 6.45) is 12.5. The molecule has 2 rings (SSSR count). The van der Waals surface area contributed by atoms with Crippen LogP contribution in [0, 0.1) is 11.8 Å². The lowest BCUT2D eigenvalue weighted by atomic mass is 9.75. The molecule has 7 heteroatoms. The highest BCUT2D eigenvalue weighted by Gasteiger charge is 2.47. The fourth-order valence-electron chi connectivity index (χ4n) is 4.15. The molecule has 2 aliphatic rings. The van der Waals surface area contributed by atoms with E-state index in [-0.39, 0.29) is 6.42 Å². The molecule has 2 heterocycles. The molecule has 2 aliphatic heterocycles. The number of hydrogen-bond donors (Lipinski definition) is 2. The molecular weight excluding hydrogens is 350 g/mol. The van der Waals surface area contributed by atoms with Crippen LogP contribution in [-0.2, 0) is 19.1 Å². The van der Waals surface area contributed by atoms with Crippen LogP contribution in [0.15, 0.2) is 12.2 Å². The zero-order chi connectivity index (χ0) is 19.5. The lowest BCUT2D eigenvalue weighted by Crippen LogP contribution is -2.27. The topological polar surface area (TPSA) is 94.1 Å². The molecule has 0 radical (unpaired) electrons. The summed E-state index contributed by atoms with van der Waals surface area (Å²) in [4.78, 5) is 26.6. The van der Waals surface area contributed by atoms with Gasteiger partial charge in [-0.3, -0.25) is 9.63 Å². The van der Waals surface area contributed by atoms with Crippen LogP contribution in [0.5, 0.6) is 0 Å². The Morgan fingerprint density at radius 3 is 2.67 bits per heavy atom. The highest BCUT2D eigenvalue weighted by Crippen LogP contribution is 2.47. The molecule has 0 aromatic carbocycles. The average Bonchev–Trinajstić information content (AvgIpc) is 3.24. The monoisotopic (exact) mass is 383 g/mol. The quantitative estimate of drug-likeness (QED) is 0.285. The number of carboxylic acids is 1. The molecule has 0 unspecified atom stereocenters. The number of amides is 1. The van der Waals surface area contributed by atoms with Gasteiger partial charge >= 0.3 is 12.1 Å². The van der Waals surface area contributed by atoms with Crippen molar-refractivity contribution in [1.82, 2.24) is 5.48 Å². The van der Waals surface area contributed by atoms with Gasteiger partial charge in [0.25, 0.3) is 0 Å². The molecule has 27 heavy (non-hydrogen) atoms. The van der Waals surface area contributed by atoms with E-state index in [1.165, 1.54) is 0 Å². The van der Waals surface area contributed by atoms with Crippen molar-refractivity contribution < 1.29 is 29.0 Å². The first-order chi connectivity index (χ1) is 13.1. The van der Waals surface area contributed by atoms with Crippen LogP contribution in [-0.4, -0.2) is 42.6 Å². The molecule has 154 valence electrons. The van der Waals surface area contributed by atoms with Gasteiger partial charge in [0, 0.05) is 6.42 Å². The van der Waals surface area contributed by atoms with E-state index in [2.05, 4.69) is 17.6 Å². The van der Waals surface area contributed by atoms with E-state index in [1.54, 1.807) is 6.92 Å². The maximum absolute atomic E-state index is 11.3. The van der Waals surface area contributed by atoms with Crippen molar-refractivity contribution in [2.45, 2.75) is 76.9 Å². The summed E-state index contributed by atoms with van der Waals surface area (Å²) >= 11 is 0. The van der Waals surface area contributed by atoms with Crippen LogP contribution in [0.1, 0.15) is 64.7 Å². The number of carboxylic acid groups (broad SMARTS) is 1. The predicted octanol–water partition coefficient (Wildman–Crippen LogP) is 3.83. The Labute approximate surface area is 161 Å². The van der Waals surface area contributed by atoms with Crippen molar-refractivity contribution in [2.75, 3.05) is 13.2 Å². The molecule has 2 bridgehead atoms. The second-order valence-corrected chi connectivity index (χ2v) is 7.28. The summed E-state index contributed by atoms with van der Waals surface area (Å²) in [6.45, 7) is 2.60. The van der Waals surface area contributed by atoms with Crippen LogP contribution >= 0.6 is 0 Å². The van der Waals surface area contributed by atoms with Crippen molar-refractivity contribution in [1.29, 1.82) is 0 Å². The van der Waals surface area contributed by atoms with Gasteiger partial charge < -0.3 is 14.6 Å². The normalized spacial score (nSPS) is 26.6. The fraction of sp³-hybridized carbons (Fsp3) is 0.800. The van der Waals surface area contributed by atoms with Gasteiger partial charge in [0.05, 0.1) is 25.4 Å². The van der Waals surface area contributed by atoms with Crippen molar-refractivity contribution in [2.24, 2.45) is 11.8 Å². The minimum Gasteiger partial charge on any atom is -0.481 e. The van der Waals surface area contributed by atoms with E-state index in [9.17, 15) is 9.59 Å².